The number of hydrogen-bond donors (Lipinski definition) is 2. The lowest BCUT2D eigenvalue weighted by Crippen LogP contribution is -2.40. The van der Waals surface area contributed by atoms with Crippen LogP contribution in [0, 0.1) is 6.92 Å². The monoisotopic (exact) mass is 264 g/mol. The van der Waals surface area contributed by atoms with Crippen LogP contribution in [0.4, 0.5) is 5.69 Å². The summed E-state index contributed by atoms with van der Waals surface area (Å²) in [5.41, 5.74) is 2.55. The second-order valence-electron chi connectivity index (χ2n) is 5.41. The number of aryl methyl sites for hydroxylation is 1. The van der Waals surface area contributed by atoms with Gasteiger partial charge in [-0.25, -0.2) is 0 Å². The summed E-state index contributed by atoms with van der Waals surface area (Å²) in [6.45, 7) is 10.7. The molecule has 1 aromatic rings. The molecule has 1 unspecified atom stereocenters. The van der Waals surface area contributed by atoms with E-state index in [2.05, 4.69) is 62.2 Å². The first-order chi connectivity index (χ1) is 9.06. The molecule has 19 heavy (non-hydrogen) atoms. The lowest BCUT2D eigenvalue weighted by Gasteiger charge is -2.27. The van der Waals surface area contributed by atoms with Crippen LogP contribution < -0.4 is 10.2 Å². The fraction of sp³-hybridized carbons (Fsp3) is 0.625. The molecule has 0 aliphatic rings. The van der Waals surface area contributed by atoms with E-state index in [0.29, 0.717) is 6.04 Å². The van der Waals surface area contributed by atoms with Crippen molar-refractivity contribution in [3.63, 3.8) is 0 Å². The van der Waals surface area contributed by atoms with Crippen LogP contribution in [0.15, 0.2) is 24.3 Å². The molecule has 108 valence electrons. The van der Waals surface area contributed by atoms with Gasteiger partial charge in [0.2, 0.25) is 0 Å². The first-order valence-corrected chi connectivity index (χ1v) is 7.25. The topological polar surface area (TPSA) is 35.5 Å². The molecule has 0 aromatic heterocycles. The van der Waals surface area contributed by atoms with E-state index in [4.69, 9.17) is 0 Å². The first-order valence-electron chi connectivity index (χ1n) is 7.25. The second kappa shape index (κ2) is 8.18. The molecular weight excluding hydrogens is 236 g/mol. The first kappa shape index (κ1) is 16.0. The fourth-order valence-electron chi connectivity index (χ4n) is 2.30. The molecule has 0 heterocycles. The third kappa shape index (κ3) is 5.62. The highest BCUT2D eigenvalue weighted by Crippen LogP contribution is 2.16. The van der Waals surface area contributed by atoms with Crippen molar-refractivity contribution in [3.8, 4) is 0 Å². The Labute approximate surface area is 117 Å². The summed E-state index contributed by atoms with van der Waals surface area (Å²) in [6.07, 6.45) is 0.955. The molecular formula is C16H28N2O. The van der Waals surface area contributed by atoms with Gasteiger partial charge in [0.1, 0.15) is 0 Å². The highest BCUT2D eigenvalue weighted by atomic mass is 16.3. The molecule has 1 rings (SSSR count). The van der Waals surface area contributed by atoms with Crippen molar-refractivity contribution < 1.29 is 5.11 Å². The van der Waals surface area contributed by atoms with Gasteiger partial charge in [-0.1, -0.05) is 26.0 Å². The van der Waals surface area contributed by atoms with Crippen molar-refractivity contribution in [2.75, 3.05) is 24.6 Å². The van der Waals surface area contributed by atoms with Gasteiger partial charge in [0.05, 0.1) is 6.61 Å². The van der Waals surface area contributed by atoms with Crippen molar-refractivity contribution in [3.05, 3.63) is 29.8 Å². The van der Waals surface area contributed by atoms with Crippen LogP contribution in [0.5, 0.6) is 0 Å². The Morgan fingerprint density at radius 2 is 2.05 bits per heavy atom. The van der Waals surface area contributed by atoms with Crippen LogP contribution in [-0.4, -0.2) is 36.9 Å². The predicted octanol–water partition coefficient (Wildman–Crippen LogP) is 2.57. The molecule has 3 heteroatoms. The Bertz CT molecular complexity index is 366. The van der Waals surface area contributed by atoms with E-state index < -0.39 is 0 Å². The van der Waals surface area contributed by atoms with Gasteiger partial charge in [0.15, 0.2) is 0 Å². The number of rotatable bonds is 8. The zero-order chi connectivity index (χ0) is 14.3. The smallest absolute Gasteiger partial charge is 0.0585 e. The number of nitrogens with one attached hydrogen (secondary N) is 1. The Morgan fingerprint density at radius 3 is 2.58 bits per heavy atom. The van der Waals surface area contributed by atoms with E-state index in [1.165, 1.54) is 11.3 Å². The summed E-state index contributed by atoms with van der Waals surface area (Å²) < 4.78 is 0. The zero-order valence-electron chi connectivity index (χ0n) is 12.7. The number of nitrogens with zero attached hydrogens (tertiary/aromatic N) is 1. The Balaban J connectivity index is 2.57. The number of aliphatic hydroxyl groups is 1. The van der Waals surface area contributed by atoms with E-state index in [9.17, 15) is 5.11 Å². The van der Waals surface area contributed by atoms with Crippen molar-refractivity contribution in [2.45, 2.75) is 46.2 Å². The number of benzene rings is 1. The van der Waals surface area contributed by atoms with E-state index in [0.717, 1.165) is 19.5 Å². The minimum Gasteiger partial charge on any atom is -0.395 e. The van der Waals surface area contributed by atoms with Gasteiger partial charge in [-0.3, -0.25) is 0 Å². The van der Waals surface area contributed by atoms with Crippen LogP contribution in [0.25, 0.3) is 0 Å². The molecule has 1 atom stereocenters. The molecule has 0 aliphatic carbocycles. The highest BCUT2D eigenvalue weighted by molar-refractivity contribution is 5.48. The summed E-state index contributed by atoms with van der Waals surface area (Å²) in [4.78, 5) is 2.36. The number of aliphatic hydroxyl groups excluding tert-OH is 1. The van der Waals surface area contributed by atoms with E-state index >= 15 is 0 Å². The van der Waals surface area contributed by atoms with Crippen LogP contribution in [-0.2, 0) is 0 Å². The van der Waals surface area contributed by atoms with Crippen molar-refractivity contribution >= 4 is 5.69 Å². The number of hydrogen-bond acceptors (Lipinski definition) is 3. The molecule has 3 nitrogen and oxygen atoms in total. The van der Waals surface area contributed by atoms with Crippen molar-refractivity contribution in [1.82, 2.24) is 5.32 Å². The van der Waals surface area contributed by atoms with Crippen LogP contribution >= 0.6 is 0 Å². The lowest BCUT2D eigenvalue weighted by atomic mass is 10.1. The van der Waals surface area contributed by atoms with Crippen LogP contribution in [0.3, 0.4) is 0 Å². The van der Waals surface area contributed by atoms with Crippen molar-refractivity contribution in [2.24, 2.45) is 0 Å². The largest absolute Gasteiger partial charge is 0.395 e. The molecule has 0 fully saturated rings. The molecule has 0 saturated carbocycles. The quantitative estimate of drug-likeness (QED) is 0.757. The standard InChI is InChI=1S/C16H28N2O/c1-5-18(16-8-6-7-14(4)11-16)10-9-15(12-19)17-13(2)3/h6-8,11,13,15,17,19H,5,9-10,12H2,1-4H3. The molecule has 0 amide bonds. The van der Waals surface area contributed by atoms with E-state index in [1.807, 2.05) is 0 Å². The Kier molecular flexibility index (Phi) is 6.89. The second-order valence-corrected chi connectivity index (χ2v) is 5.41. The average Bonchev–Trinajstić information content (AvgIpc) is 2.37. The van der Waals surface area contributed by atoms with Gasteiger partial charge in [0.25, 0.3) is 0 Å². The summed E-state index contributed by atoms with van der Waals surface area (Å²) in [5.74, 6) is 0. The SMILES string of the molecule is CCN(CCC(CO)NC(C)C)c1cccc(C)c1. The molecule has 1 aromatic carbocycles. The van der Waals surface area contributed by atoms with Crippen molar-refractivity contribution in [1.29, 1.82) is 0 Å². The average molecular weight is 264 g/mol. The van der Waals surface area contributed by atoms with E-state index in [1.54, 1.807) is 0 Å². The fourth-order valence-corrected chi connectivity index (χ4v) is 2.30. The third-order valence-corrected chi connectivity index (χ3v) is 3.29. The van der Waals surface area contributed by atoms with Crippen LogP contribution in [0.2, 0.25) is 0 Å². The Morgan fingerprint density at radius 1 is 1.32 bits per heavy atom. The molecule has 0 radical (unpaired) electrons. The molecule has 0 bridgehead atoms. The summed E-state index contributed by atoms with van der Waals surface area (Å²) in [7, 11) is 0. The maximum atomic E-state index is 9.39. The summed E-state index contributed by atoms with van der Waals surface area (Å²) in [5, 5.41) is 12.8. The number of anilines is 1. The van der Waals surface area contributed by atoms with Gasteiger partial charge in [-0.2, -0.15) is 0 Å². The summed E-state index contributed by atoms with van der Waals surface area (Å²) in [6, 6.07) is 9.18. The normalized spacial score (nSPS) is 12.7. The minimum atomic E-state index is 0.179. The molecule has 0 aliphatic heterocycles. The third-order valence-electron chi connectivity index (χ3n) is 3.29. The van der Waals surface area contributed by atoms with Gasteiger partial charge in [0, 0.05) is 30.9 Å². The molecule has 0 saturated heterocycles. The minimum absolute atomic E-state index is 0.179. The van der Waals surface area contributed by atoms with Gasteiger partial charge >= 0.3 is 0 Å². The highest BCUT2D eigenvalue weighted by Gasteiger charge is 2.11. The van der Waals surface area contributed by atoms with E-state index in [-0.39, 0.29) is 12.6 Å². The lowest BCUT2D eigenvalue weighted by molar-refractivity contribution is 0.229. The molecule has 2 N–H and O–H groups in total. The zero-order valence-corrected chi connectivity index (χ0v) is 12.7. The van der Waals surface area contributed by atoms with Gasteiger partial charge < -0.3 is 15.3 Å². The Hall–Kier alpha value is -1.06. The van der Waals surface area contributed by atoms with Gasteiger partial charge in [-0.05, 0) is 38.0 Å². The summed E-state index contributed by atoms with van der Waals surface area (Å²) >= 11 is 0. The molecule has 0 spiro atoms. The predicted molar refractivity (Wildman–Crippen MR) is 82.8 cm³/mol. The van der Waals surface area contributed by atoms with Gasteiger partial charge in [-0.15, -0.1) is 0 Å². The van der Waals surface area contributed by atoms with Crippen LogP contribution in [0.1, 0.15) is 32.8 Å². The maximum Gasteiger partial charge on any atom is 0.0585 e. The maximum absolute atomic E-state index is 9.39.